The predicted octanol–water partition coefficient (Wildman–Crippen LogP) is 7.50. The summed E-state index contributed by atoms with van der Waals surface area (Å²) in [5.74, 6) is 0. The number of anilines is 3. The number of benzene rings is 4. The number of hydrogen-bond acceptors (Lipinski definition) is 2. The molecule has 0 fully saturated rings. The number of pyridine rings is 1. The molecule has 4 aromatic carbocycles. The molecule has 0 amide bonds. The second-order valence-corrected chi connectivity index (χ2v) is 10.3. The van der Waals surface area contributed by atoms with E-state index < -0.39 is 0 Å². The van der Waals surface area contributed by atoms with Gasteiger partial charge in [-0.05, 0) is 79.8 Å². The Bertz CT molecular complexity index is 1760. The van der Waals surface area contributed by atoms with Crippen LogP contribution in [0, 0.1) is 0 Å². The molecule has 9 rings (SSSR count). The Labute approximate surface area is 204 Å². The quantitative estimate of drug-likeness (QED) is 0.240. The molecular formula is C33H22N2. The number of rotatable bonds is 0. The molecule has 5 aromatic rings. The summed E-state index contributed by atoms with van der Waals surface area (Å²) in [4.78, 5) is 7.47. The lowest BCUT2D eigenvalue weighted by Crippen LogP contribution is -2.27. The van der Waals surface area contributed by atoms with Crippen LogP contribution in [0.3, 0.4) is 0 Å². The lowest BCUT2D eigenvalue weighted by Gasteiger charge is -2.40. The van der Waals surface area contributed by atoms with E-state index in [1.54, 1.807) is 0 Å². The summed E-state index contributed by atoms with van der Waals surface area (Å²) in [5, 5.41) is 0. The zero-order valence-electron chi connectivity index (χ0n) is 19.3. The molecule has 0 atom stereocenters. The first-order valence-corrected chi connectivity index (χ1v) is 12.6. The van der Waals surface area contributed by atoms with Crippen LogP contribution in [0.4, 0.5) is 17.1 Å². The molecule has 2 heteroatoms. The summed E-state index contributed by atoms with van der Waals surface area (Å²) in [6.07, 6.45) is 5.93. The van der Waals surface area contributed by atoms with Gasteiger partial charge in [0.2, 0.25) is 0 Å². The Hall–Kier alpha value is -4.17. The fraction of sp³-hybridized carbons (Fsp3) is 0.121. The minimum atomic E-state index is 0.905. The van der Waals surface area contributed by atoms with Crippen molar-refractivity contribution in [2.24, 2.45) is 0 Å². The molecular weight excluding hydrogens is 424 g/mol. The van der Waals surface area contributed by atoms with Crippen molar-refractivity contribution < 1.29 is 0 Å². The monoisotopic (exact) mass is 446 g/mol. The van der Waals surface area contributed by atoms with E-state index in [2.05, 4.69) is 83.8 Å². The highest BCUT2D eigenvalue weighted by molar-refractivity contribution is 5.97. The molecule has 4 aliphatic rings. The van der Waals surface area contributed by atoms with E-state index in [-0.39, 0.29) is 0 Å². The first-order chi connectivity index (χ1) is 17.3. The Balaban J connectivity index is 1.36. The van der Waals surface area contributed by atoms with Gasteiger partial charge in [-0.3, -0.25) is 4.98 Å². The number of fused-ring (bicyclic) bond motifs is 12. The fourth-order valence-electron chi connectivity index (χ4n) is 7.16. The van der Waals surface area contributed by atoms with Gasteiger partial charge in [-0.25, -0.2) is 0 Å². The molecule has 0 saturated heterocycles. The van der Waals surface area contributed by atoms with Gasteiger partial charge in [-0.1, -0.05) is 66.7 Å². The average molecular weight is 447 g/mol. The predicted molar refractivity (Wildman–Crippen MR) is 141 cm³/mol. The molecule has 3 heterocycles. The normalized spacial score (nSPS) is 14.9. The van der Waals surface area contributed by atoms with E-state index >= 15 is 0 Å². The molecule has 0 spiro atoms. The Morgan fingerprint density at radius 3 is 2.17 bits per heavy atom. The van der Waals surface area contributed by atoms with Crippen LogP contribution in [0.15, 0.2) is 85.1 Å². The van der Waals surface area contributed by atoms with Crippen molar-refractivity contribution in [3.8, 4) is 22.3 Å². The zero-order chi connectivity index (χ0) is 22.7. The number of nitrogens with zero attached hydrogens (tertiary/aromatic N) is 2. The molecule has 0 unspecified atom stereocenters. The van der Waals surface area contributed by atoms with Gasteiger partial charge < -0.3 is 4.90 Å². The van der Waals surface area contributed by atoms with Crippen molar-refractivity contribution in [2.45, 2.75) is 25.7 Å². The minimum absolute atomic E-state index is 0.905. The zero-order valence-corrected chi connectivity index (χ0v) is 19.3. The summed E-state index contributed by atoms with van der Waals surface area (Å²) >= 11 is 0. The summed E-state index contributed by atoms with van der Waals surface area (Å²) in [5.41, 5.74) is 21.0. The van der Waals surface area contributed by atoms with Crippen molar-refractivity contribution in [3.63, 3.8) is 0 Å². The summed E-state index contributed by atoms with van der Waals surface area (Å²) in [7, 11) is 0. The average Bonchev–Trinajstić information content (AvgIpc) is 3.47. The van der Waals surface area contributed by atoms with Crippen LogP contribution in [0.5, 0.6) is 0 Å². The van der Waals surface area contributed by atoms with Gasteiger partial charge in [0.15, 0.2) is 0 Å². The van der Waals surface area contributed by atoms with Crippen molar-refractivity contribution >= 4 is 17.1 Å². The van der Waals surface area contributed by atoms with Crippen molar-refractivity contribution in [2.75, 3.05) is 4.90 Å². The van der Waals surface area contributed by atoms with Crippen LogP contribution in [-0.2, 0) is 25.7 Å². The van der Waals surface area contributed by atoms with Crippen LogP contribution in [0.1, 0.15) is 44.6 Å². The number of hydrogen-bond donors (Lipinski definition) is 0. The van der Waals surface area contributed by atoms with Crippen molar-refractivity contribution in [3.05, 3.63) is 130 Å². The van der Waals surface area contributed by atoms with E-state index in [9.17, 15) is 0 Å². The standard InChI is InChI=1S/C33H22N2/c1-3-7-24-20(6-1)16-27-26(24)11-9-22-18-29-33-23(13-14-34-29)17-28-30(35(33)32(22)27)12-10-21-15-19-5-2-4-8-25(19)31(21)28/h1-14H,15-18H2. The molecule has 35 heavy (non-hydrogen) atoms. The highest BCUT2D eigenvalue weighted by atomic mass is 15.2. The first kappa shape index (κ1) is 18.2. The molecule has 0 N–H and O–H groups in total. The van der Waals surface area contributed by atoms with Crippen LogP contribution in [0.2, 0.25) is 0 Å². The van der Waals surface area contributed by atoms with Crippen LogP contribution >= 0.6 is 0 Å². The maximum absolute atomic E-state index is 4.88. The van der Waals surface area contributed by atoms with Crippen molar-refractivity contribution in [1.29, 1.82) is 0 Å². The van der Waals surface area contributed by atoms with Crippen LogP contribution < -0.4 is 4.90 Å². The molecule has 2 aliphatic heterocycles. The summed E-state index contributed by atoms with van der Waals surface area (Å²) < 4.78 is 0. The van der Waals surface area contributed by atoms with Gasteiger partial charge in [0, 0.05) is 25.5 Å². The maximum Gasteiger partial charge on any atom is 0.0716 e. The molecule has 0 radical (unpaired) electrons. The Morgan fingerprint density at radius 1 is 0.514 bits per heavy atom. The third kappa shape index (κ3) is 2.23. The lowest BCUT2D eigenvalue weighted by atomic mass is 9.84. The topological polar surface area (TPSA) is 16.1 Å². The van der Waals surface area contributed by atoms with Crippen LogP contribution in [-0.4, -0.2) is 4.98 Å². The number of aromatic nitrogens is 1. The van der Waals surface area contributed by atoms with E-state index in [0.717, 1.165) is 25.7 Å². The van der Waals surface area contributed by atoms with E-state index in [1.165, 1.54) is 84.0 Å². The molecule has 2 nitrogen and oxygen atoms in total. The Morgan fingerprint density at radius 2 is 1.26 bits per heavy atom. The molecule has 2 aliphatic carbocycles. The van der Waals surface area contributed by atoms with E-state index in [1.807, 2.05) is 6.20 Å². The van der Waals surface area contributed by atoms with Gasteiger partial charge in [0.05, 0.1) is 22.8 Å². The second-order valence-electron chi connectivity index (χ2n) is 10.3. The van der Waals surface area contributed by atoms with Gasteiger partial charge >= 0.3 is 0 Å². The first-order valence-electron chi connectivity index (χ1n) is 12.6. The van der Waals surface area contributed by atoms with Gasteiger partial charge in [-0.15, -0.1) is 0 Å². The molecule has 1 aromatic heterocycles. The SMILES string of the molecule is c1ccc2c(c1)Cc1c-2ccc2c1N1c3ccc4c(c3Cc3ccnc(c31)C2)-c1ccccc1C4. The lowest BCUT2D eigenvalue weighted by molar-refractivity contribution is 0.953. The van der Waals surface area contributed by atoms with E-state index in [4.69, 9.17) is 4.98 Å². The summed E-state index contributed by atoms with van der Waals surface area (Å²) in [6, 6.07) is 29.6. The Kier molecular flexibility index (Phi) is 3.27. The van der Waals surface area contributed by atoms with Crippen LogP contribution in [0.25, 0.3) is 22.3 Å². The second kappa shape index (κ2) is 6.28. The minimum Gasteiger partial charge on any atom is -0.307 e. The fourth-order valence-corrected chi connectivity index (χ4v) is 7.16. The van der Waals surface area contributed by atoms with Gasteiger partial charge in [0.1, 0.15) is 0 Å². The third-order valence-electron chi connectivity index (χ3n) is 8.58. The highest BCUT2D eigenvalue weighted by Gasteiger charge is 2.38. The van der Waals surface area contributed by atoms with Gasteiger partial charge in [0.25, 0.3) is 0 Å². The molecule has 0 bridgehead atoms. The van der Waals surface area contributed by atoms with Gasteiger partial charge in [-0.2, -0.15) is 0 Å². The third-order valence-corrected chi connectivity index (χ3v) is 8.58. The summed E-state index contributed by atoms with van der Waals surface area (Å²) in [6.45, 7) is 0. The smallest absolute Gasteiger partial charge is 0.0716 e. The van der Waals surface area contributed by atoms with Crippen molar-refractivity contribution in [1.82, 2.24) is 4.98 Å². The largest absolute Gasteiger partial charge is 0.307 e. The van der Waals surface area contributed by atoms with E-state index in [0.29, 0.717) is 0 Å². The molecule has 164 valence electrons. The molecule has 0 saturated carbocycles. The highest BCUT2D eigenvalue weighted by Crippen LogP contribution is 2.56. The maximum atomic E-state index is 4.88.